The van der Waals surface area contributed by atoms with Crippen molar-refractivity contribution in [1.29, 1.82) is 0 Å². The van der Waals surface area contributed by atoms with Crippen LogP contribution in [0.25, 0.3) is 10.9 Å². The second-order valence-corrected chi connectivity index (χ2v) is 7.96. The monoisotopic (exact) mass is 425 g/mol. The molecule has 32 heavy (non-hydrogen) atoms. The second-order valence-electron chi connectivity index (χ2n) is 7.96. The minimum atomic E-state index is 0.520. The van der Waals surface area contributed by atoms with Crippen LogP contribution in [0.4, 0.5) is 28.8 Å². The Bertz CT molecular complexity index is 1190. The molecule has 1 saturated heterocycles. The van der Waals surface area contributed by atoms with Crippen LogP contribution < -0.4 is 20.3 Å². The fourth-order valence-electron chi connectivity index (χ4n) is 4.14. The topological polar surface area (TPSA) is 62.3 Å². The molecule has 1 aliphatic rings. The molecule has 0 radical (unpaired) electrons. The Kier molecular flexibility index (Phi) is 5.75. The van der Waals surface area contributed by atoms with Gasteiger partial charge in [0.05, 0.1) is 7.11 Å². The quantitative estimate of drug-likeness (QED) is 0.388. The molecule has 0 aliphatic carbocycles. The maximum absolute atomic E-state index is 5.57. The van der Waals surface area contributed by atoms with E-state index in [9.17, 15) is 0 Å². The molecule has 4 aromatic rings. The highest BCUT2D eigenvalue weighted by atomic mass is 16.5. The van der Waals surface area contributed by atoms with Gasteiger partial charge in [-0.3, -0.25) is 0 Å². The van der Waals surface area contributed by atoms with Crippen molar-refractivity contribution in [3.05, 3.63) is 72.8 Å². The van der Waals surface area contributed by atoms with Gasteiger partial charge in [-0.05, 0) is 67.8 Å². The number of rotatable bonds is 6. The smallest absolute Gasteiger partial charge is 0.229 e. The van der Waals surface area contributed by atoms with Crippen LogP contribution in [0.15, 0.2) is 72.8 Å². The molecule has 2 N–H and O–H groups in total. The maximum Gasteiger partial charge on any atom is 0.229 e. The summed E-state index contributed by atoms with van der Waals surface area (Å²) >= 11 is 0. The number of piperidine rings is 1. The third-order valence-corrected chi connectivity index (χ3v) is 5.79. The van der Waals surface area contributed by atoms with Crippen molar-refractivity contribution in [1.82, 2.24) is 9.97 Å². The number of ether oxygens (including phenoxy) is 1. The zero-order valence-corrected chi connectivity index (χ0v) is 18.2. The highest BCUT2D eigenvalue weighted by Crippen LogP contribution is 2.32. The predicted molar refractivity (Wildman–Crippen MR) is 132 cm³/mol. The molecule has 3 aromatic carbocycles. The minimum absolute atomic E-state index is 0.520. The number of anilines is 5. The third-order valence-electron chi connectivity index (χ3n) is 5.79. The minimum Gasteiger partial charge on any atom is -0.494 e. The number of nitrogens with one attached hydrogen (secondary N) is 2. The molecule has 0 amide bonds. The Balaban J connectivity index is 1.46. The first kappa shape index (κ1) is 20.1. The number of para-hydroxylation sites is 2. The van der Waals surface area contributed by atoms with E-state index in [4.69, 9.17) is 14.7 Å². The number of fused-ring (bicyclic) bond motifs is 1. The van der Waals surface area contributed by atoms with Crippen molar-refractivity contribution in [3.8, 4) is 5.75 Å². The molecular formula is C26H27N5O. The molecule has 1 aromatic heterocycles. The van der Waals surface area contributed by atoms with E-state index in [-0.39, 0.29) is 0 Å². The summed E-state index contributed by atoms with van der Waals surface area (Å²) in [6.07, 6.45) is 3.87. The zero-order chi connectivity index (χ0) is 21.8. The lowest BCUT2D eigenvalue weighted by molar-refractivity contribution is 0.419. The van der Waals surface area contributed by atoms with E-state index in [1.54, 1.807) is 7.11 Å². The van der Waals surface area contributed by atoms with Gasteiger partial charge in [0.15, 0.2) is 0 Å². The van der Waals surface area contributed by atoms with Crippen LogP contribution in [0.2, 0.25) is 0 Å². The lowest BCUT2D eigenvalue weighted by atomic mass is 10.1. The van der Waals surface area contributed by atoms with Crippen molar-refractivity contribution in [2.24, 2.45) is 0 Å². The number of hydrogen-bond donors (Lipinski definition) is 2. The second kappa shape index (κ2) is 9.14. The van der Waals surface area contributed by atoms with Gasteiger partial charge in [-0.2, -0.15) is 4.98 Å². The van der Waals surface area contributed by atoms with Crippen molar-refractivity contribution in [2.75, 3.05) is 35.7 Å². The van der Waals surface area contributed by atoms with Crippen LogP contribution in [-0.2, 0) is 0 Å². The first-order valence-electron chi connectivity index (χ1n) is 11.1. The number of methoxy groups -OCH3 is 1. The SMILES string of the molecule is COc1cccc2c(Nc3ccccc3)nc(Nc3ccc(N4CCCCC4)cc3)nc12. The summed E-state index contributed by atoms with van der Waals surface area (Å²) in [7, 11) is 1.66. The standard InChI is InChI=1S/C26H27N5O/c1-32-23-12-8-11-22-24(23)29-26(30-25(22)27-19-9-4-2-5-10-19)28-20-13-15-21(16-14-20)31-17-6-3-7-18-31/h2,4-5,8-16H,3,6-7,17-18H2,1H3,(H2,27,28,29,30). The van der Waals surface area contributed by atoms with Gasteiger partial charge in [0.2, 0.25) is 5.95 Å². The Morgan fingerprint density at radius 3 is 2.25 bits per heavy atom. The third kappa shape index (κ3) is 4.30. The molecule has 0 saturated carbocycles. The lowest BCUT2D eigenvalue weighted by Crippen LogP contribution is -2.29. The van der Waals surface area contributed by atoms with E-state index >= 15 is 0 Å². The summed E-state index contributed by atoms with van der Waals surface area (Å²) in [5.41, 5.74) is 3.94. The molecular weight excluding hydrogens is 398 g/mol. The van der Waals surface area contributed by atoms with Crippen molar-refractivity contribution >= 4 is 39.7 Å². The lowest BCUT2D eigenvalue weighted by Gasteiger charge is -2.28. The molecule has 6 nitrogen and oxygen atoms in total. The molecule has 0 bridgehead atoms. The molecule has 6 heteroatoms. The van der Waals surface area contributed by atoms with E-state index in [1.165, 1.54) is 24.9 Å². The maximum atomic E-state index is 5.57. The zero-order valence-electron chi connectivity index (χ0n) is 18.2. The van der Waals surface area contributed by atoms with Gasteiger partial charge in [-0.1, -0.05) is 24.3 Å². The van der Waals surface area contributed by atoms with E-state index in [0.717, 1.165) is 41.2 Å². The van der Waals surface area contributed by atoms with Gasteiger partial charge in [0, 0.05) is 35.5 Å². The van der Waals surface area contributed by atoms with Crippen LogP contribution in [0.3, 0.4) is 0 Å². The molecule has 1 aliphatic heterocycles. The van der Waals surface area contributed by atoms with Crippen LogP contribution in [0.1, 0.15) is 19.3 Å². The van der Waals surface area contributed by atoms with Crippen molar-refractivity contribution in [2.45, 2.75) is 19.3 Å². The Labute approximate surface area is 188 Å². The van der Waals surface area contributed by atoms with Crippen molar-refractivity contribution < 1.29 is 4.74 Å². The Morgan fingerprint density at radius 1 is 0.750 bits per heavy atom. The molecule has 162 valence electrons. The number of nitrogens with zero attached hydrogens (tertiary/aromatic N) is 3. The van der Waals surface area contributed by atoms with E-state index in [1.807, 2.05) is 48.5 Å². The molecule has 0 spiro atoms. The van der Waals surface area contributed by atoms with Crippen LogP contribution in [0.5, 0.6) is 5.75 Å². The van der Waals surface area contributed by atoms with Gasteiger partial charge in [-0.15, -0.1) is 0 Å². The molecule has 1 fully saturated rings. The number of hydrogen-bond acceptors (Lipinski definition) is 6. The van der Waals surface area contributed by atoms with Crippen LogP contribution in [0, 0.1) is 0 Å². The van der Waals surface area contributed by atoms with Crippen LogP contribution in [-0.4, -0.2) is 30.2 Å². The molecule has 0 atom stereocenters. The van der Waals surface area contributed by atoms with E-state index in [0.29, 0.717) is 11.7 Å². The fourth-order valence-corrected chi connectivity index (χ4v) is 4.14. The average molecular weight is 426 g/mol. The first-order chi connectivity index (χ1) is 15.8. The summed E-state index contributed by atoms with van der Waals surface area (Å²) in [6, 6.07) is 24.4. The summed E-state index contributed by atoms with van der Waals surface area (Å²) < 4.78 is 5.57. The van der Waals surface area contributed by atoms with Gasteiger partial charge in [0.25, 0.3) is 0 Å². The summed E-state index contributed by atoms with van der Waals surface area (Å²) in [6.45, 7) is 2.27. The molecule has 2 heterocycles. The largest absolute Gasteiger partial charge is 0.494 e. The Hall–Kier alpha value is -3.80. The summed E-state index contributed by atoms with van der Waals surface area (Å²) in [5, 5.41) is 7.69. The number of benzene rings is 3. The van der Waals surface area contributed by atoms with Gasteiger partial charge in [0.1, 0.15) is 17.1 Å². The number of aromatic nitrogens is 2. The first-order valence-corrected chi connectivity index (χ1v) is 11.1. The normalized spacial score (nSPS) is 13.7. The van der Waals surface area contributed by atoms with Crippen LogP contribution >= 0.6 is 0 Å². The Morgan fingerprint density at radius 2 is 1.50 bits per heavy atom. The highest BCUT2D eigenvalue weighted by Gasteiger charge is 2.13. The van der Waals surface area contributed by atoms with Crippen molar-refractivity contribution in [3.63, 3.8) is 0 Å². The highest BCUT2D eigenvalue weighted by molar-refractivity contribution is 5.95. The molecule has 0 unspecified atom stereocenters. The van der Waals surface area contributed by atoms with Gasteiger partial charge < -0.3 is 20.3 Å². The molecule has 5 rings (SSSR count). The predicted octanol–water partition coefficient (Wildman–Crippen LogP) is 6.12. The van der Waals surface area contributed by atoms with Gasteiger partial charge >= 0.3 is 0 Å². The van der Waals surface area contributed by atoms with Gasteiger partial charge in [-0.25, -0.2) is 4.98 Å². The van der Waals surface area contributed by atoms with E-state index < -0.39 is 0 Å². The average Bonchev–Trinajstić information content (AvgIpc) is 2.85. The van der Waals surface area contributed by atoms with E-state index in [2.05, 4.69) is 39.8 Å². The summed E-state index contributed by atoms with van der Waals surface area (Å²) in [4.78, 5) is 12.0. The summed E-state index contributed by atoms with van der Waals surface area (Å²) in [5.74, 6) is 1.96. The fraction of sp³-hybridized carbons (Fsp3) is 0.231.